The third-order valence-corrected chi connectivity index (χ3v) is 2.45. The molecule has 0 N–H and O–H groups in total. The van der Waals surface area contributed by atoms with Crippen molar-refractivity contribution in [2.45, 2.75) is 39.8 Å². The van der Waals surface area contributed by atoms with Crippen molar-refractivity contribution in [3.05, 3.63) is 16.6 Å². The van der Waals surface area contributed by atoms with Crippen LogP contribution in [0.5, 0.6) is 0 Å². The lowest BCUT2D eigenvalue weighted by molar-refractivity contribution is -0.687. The standard InChI is InChI=1S/C10H16NO2S/c1-8-6-14-7-11(8)5-9(12)13-10(2,3)4/h6-7H,5H2,1-4H3/q+1. The van der Waals surface area contributed by atoms with Gasteiger partial charge in [0.05, 0.1) is 5.38 Å². The first-order valence-electron chi connectivity index (χ1n) is 4.52. The van der Waals surface area contributed by atoms with Crippen molar-refractivity contribution in [3.63, 3.8) is 0 Å². The van der Waals surface area contributed by atoms with E-state index >= 15 is 0 Å². The van der Waals surface area contributed by atoms with Gasteiger partial charge in [0.1, 0.15) is 5.60 Å². The maximum atomic E-state index is 11.4. The predicted octanol–water partition coefficient (Wildman–Crippen LogP) is 1.69. The molecule has 1 aromatic heterocycles. The molecule has 0 aromatic carbocycles. The molecular weight excluding hydrogens is 198 g/mol. The summed E-state index contributed by atoms with van der Waals surface area (Å²) in [4.78, 5) is 11.4. The fourth-order valence-electron chi connectivity index (χ4n) is 1.03. The fourth-order valence-corrected chi connectivity index (χ4v) is 1.81. The first-order chi connectivity index (χ1) is 6.38. The molecule has 0 aliphatic rings. The summed E-state index contributed by atoms with van der Waals surface area (Å²) >= 11 is 1.58. The molecule has 0 atom stereocenters. The molecule has 0 saturated carbocycles. The molecule has 3 nitrogen and oxygen atoms in total. The molecule has 1 rings (SSSR count). The zero-order valence-corrected chi connectivity index (χ0v) is 9.85. The van der Waals surface area contributed by atoms with E-state index < -0.39 is 5.60 Å². The molecule has 0 spiro atoms. The Hall–Kier alpha value is -0.900. The number of aryl methyl sites for hydroxylation is 1. The Morgan fingerprint density at radius 3 is 2.64 bits per heavy atom. The maximum Gasteiger partial charge on any atom is 0.373 e. The molecule has 4 heteroatoms. The van der Waals surface area contributed by atoms with E-state index in [-0.39, 0.29) is 5.97 Å². The number of aromatic nitrogens is 1. The van der Waals surface area contributed by atoms with E-state index in [1.54, 1.807) is 11.3 Å². The van der Waals surface area contributed by atoms with Crippen LogP contribution >= 0.6 is 11.3 Å². The van der Waals surface area contributed by atoms with E-state index in [2.05, 4.69) is 0 Å². The van der Waals surface area contributed by atoms with Crippen molar-refractivity contribution in [2.75, 3.05) is 0 Å². The average molecular weight is 214 g/mol. The lowest BCUT2D eigenvalue weighted by Gasteiger charge is -2.18. The number of hydrogen-bond acceptors (Lipinski definition) is 3. The van der Waals surface area contributed by atoms with E-state index in [0.717, 1.165) is 5.69 Å². The lowest BCUT2D eigenvalue weighted by atomic mass is 10.2. The van der Waals surface area contributed by atoms with Crippen molar-refractivity contribution < 1.29 is 14.1 Å². The van der Waals surface area contributed by atoms with Gasteiger partial charge in [-0.05, 0) is 20.8 Å². The highest BCUT2D eigenvalue weighted by Gasteiger charge is 2.20. The van der Waals surface area contributed by atoms with Gasteiger partial charge in [0.2, 0.25) is 12.1 Å². The van der Waals surface area contributed by atoms with Crippen molar-refractivity contribution in [1.29, 1.82) is 0 Å². The van der Waals surface area contributed by atoms with Gasteiger partial charge in [0.25, 0.3) is 0 Å². The summed E-state index contributed by atoms with van der Waals surface area (Å²) in [7, 11) is 0. The van der Waals surface area contributed by atoms with Crippen molar-refractivity contribution in [1.82, 2.24) is 0 Å². The van der Waals surface area contributed by atoms with Crippen LogP contribution < -0.4 is 4.57 Å². The third kappa shape index (κ3) is 3.46. The molecule has 0 fully saturated rings. The van der Waals surface area contributed by atoms with Crippen LogP contribution in [0.25, 0.3) is 0 Å². The lowest BCUT2D eigenvalue weighted by Crippen LogP contribution is -2.41. The van der Waals surface area contributed by atoms with E-state index in [1.165, 1.54) is 0 Å². The Labute approximate surface area is 88.3 Å². The average Bonchev–Trinajstić information content (AvgIpc) is 2.32. The van der Waals surface area contributed by atoms with Crippen LogP contribution in [0, 0.1) is 6.92 Å². The minimum absolute atomic E-state index is 0.191. The first-order valence-corrected chi connectivity index (χ1v) is 5.47. The van der Waals surface area contributed by atoms with Gasteiger partial charge >= 0.3 is 5.97 Å². The minimum atomic E-state index is -0.401. The van der Waals surface area contributed by atoms with Crippen LogP contribution in [-0.2, 0) is 16.1 Å². The molecule has 0 amide bonds. The highest BCUT2D eigenvalue weighted by atomic mass is 32.1. The van der Waals surface area contributed by atoms with Gasteiger partial charge in [-0.3, -0.25) is 0 Å². The number of carbonyl (C=O) groups is 1. The molecule has 0 aliphatic carbocycles. The van der Waals surface area contributed by atoms with Gasteiger partial charge < -0.3 is 4.74 Å². The van der Waals surface area contributed by atoms with Crippen LogP contribution in [0.1, 0.15) is 26.5 Å². The van der Waals surface area contributed by atoms with Crippen molar-refractivity contribution in [3.8, 4) is 0 Å². The third-order valence-electron chi connectivity index (χ3n) is 1.60. The molecule has 78 valence electrons. The number of thiazole rings is 1. The summed E-state index contributed by atoms with van der Waals surface area (Å²) in [5.74, 6) is -0.191. The Balaban J connectivity index is 2.54. The maximum absolute atomic E-state index is 11.4. The first kappa shape index (κ1) is 11.2. The largest absolute Gasteiger partial charge is 0.455 e. The Morgan fingerprint density at radius 1 is 1.57 bits per heavy atom. The monoisotopic (exact) mass is 214 g/mol. The van der Waals surface area contributed by atoms with Crippen LogP contribution in [0.3, 0.4) is 0 Å². The normalized spacial score (nSPS) is 11.4. The van der Waals surface area contributed by atoms with Crippen LogP contribution in [0.4, 0.5) is 0 Å². The molecular formula is C10H16NO2S+. The summed E-state index contributed by atoms with van der Waals surface area (Å²) in [6.45, 7) is 7.88. The topological polar surface area (TPSA) is 30.2 Å². The summed E-state index contributed by atoms with van der Waals surface area (Å²) in [5.41, 5.74) is 2.60. The molecule has 0 radical (unpaired) electrons. The van der Waals surface area contributed by atoms with Gasteiger partial charge in [-0.2, -0.15) is 4.57 Å². The summed E-state index contributed by atoms with van der Waals surface area (Å²) in [6, 6.07) is 0. The molecule has 0 bridgehead atoms. The van der Waals surface area contributed by atoms with E-state index in [0.29, 0.717) is 6.54 Å². The van der Waals surface area contributed by atoms with Crippen LogP contribution in [0.2, 0.25) is 0 Å². The zero-order chi connectivity index (χ0) is 10.8. The molecule has 0 saturated heterocycles. The Kier molecular flexibility index (Phi) is 3.26. The second-order valence-corrected chi connectivity index (χ2v) is 4.93. The number of hydrogen-bond donors (Lipinski definition) is 0. The quantitative estimate of drug-likeness (QED) is 0.554. The Bertz CT molecular complexity index is 325. The number of esters is 1. The second-order valence-electron chi connectivity index (χ2n) is 4.22. The summed E-state index contributed by atoms with van der Waals surface area (Å²) < 4.78 is 7.10. The van der Waals surface area contributed by atoms with Crippen molar-refractivity contribution in [2.24, 2.45) is 0 Å². The highest BCUT2D eigenvalue weighted by Crippen LogP contribution is 2.07. The smallest absolute Gasteiger partial charge is 0.373 e. The van der Waals surface area contributed by atoms with E-state index in [9.17, 15) is 4.79 Å². The number of rotatable bonds is 2. The van der Waals surface area contributed by atoms with Crippen LogP contribution in [0.15, 0.2) is 10.9 Å². The van der Waals surface area contributed by atoms with Gasteiger partial charge in [0.15, 0.2) is 5.69 Å². The van der Waals surface area contributed by atoms with Crippen molar-refractivity contribution >= 4 is 17.3 Å². The van der Waals surface area contributed by atoms with E-state index in [4.69, 9.17) is 4.74 Å². The van der Waals surface area contributed by atoms with Gasteiger partial charge in [-0.25, -0.2) is 4.79 Å². The second kappa shape index (κ2) is 4.09. The van der Waals surface area contributed by atoms with E-state index in [1.807, 2.05) is 43.2 Å². The number of carbonyl (C=O) groups excluding carboxylic acids is 1. The Morgan fingerprint density at radius 2 is 2.21 bits per heavy atom. The van der Waals surface area contributed by atoms with Gasteiger partial charge in [-0.1, -0.05) is 11.3 Å². The minimum Gasteiger partial charge on any atom is -0.455 e. The fraction of sp³-hybridized carbons (Fsp3) is 0.600. The van der Waals surface area contributed by atoms with Crippen LogP contribution in [-0.4, -0.2) is 11.6 Å². The number of ether oxygens (including phenoxy) is 1. The van der Waals surface area contributed by atoms with Gasteiger partial charge in [0, 0.05) is 6.92 Å². The summed E-state index contributed by atoms with van der Waals surface area (Å²) in [6.07, 6.45) is 0. The molecule has 1 heterocycles. The predicted molar refractivity (Wildman–Crippen MR) is 55.1 cm³/mol. The highest BCUT2D eigenvalue weighted by molar-refractivity contribution is 7.07. The molecule has 1 aromatic rings. The molecule has 0 aliphatic heterocycles. The van der Waals surface area contributed by atoms with Gasteiger partial charge in [-0.15, -0.1) is 0 Å². The molecule has 0 unspecified atom stereocenters. The molecule has 14 heavy (non-hydrogen) atoms. The zero-order valence-electron chi connectivity index (χ0n) is 9.03. The summed E-state index contributed by atoms with van der Waals surface area (Å²) in [5, 5.41) is 2.00. The number of nitrogens with zero attached hydrogens (tertiary/aromatic N) is 1. The SMILES string of the molecule is Cc1csc[n+]1CC(=O)OC(C)(C)C.